The second kappa shape index (κ2) is 4.44. The largest absolute Gasteiger partial charge is 0.486 e. The van der Waals surface area contributed by atoms with Crippen molar-refractivity contribution in [3.63, 3.8) is 0 Å². The number of hydrogen-bond donors (Lipinski definition) is 1. The summed E-state index contributed by atoms with van der Waals surface area (Å²) in [5, 5.41) is 4.57. The number of nitrogens with one attached hydrogen (secondary N) is 1. The zero-order chi connectivity index (χ0) is 10.9. The highest BCUT2D eigenvalue weighted by Crippen LogP contribution is 2.36. The summed E-state index contributed by atoms with van der Waals surface area (Å²) >= 11 is 5.19. The van der Waals surface area contributed by atoms with Gasteiger partial charge in [-0.15, -0.1) is 11.3 Å². The molecule has 1 N–H and O–H groups in total. The van der Waals surface area contributed by atoms with Crippen molar-refractivity contribution in [3.8, 4) is 5.06 Å². The second-order valence-electron chi connectivity index (χ2n) is 4.32. The third-order valence-corrected chi connectivity index (χ3v) is 4.99. The van der Waals surface area contributed by atoms with Gasteiger partial charge in [0.2, 0.25) is 0 Å². The lowest BCUT2D eigenvalue weighted by molar-refractivity contribution is 0.207. The molecule has 0 atom stereocenters. The summed E-state index contributed by atoms with van der Waals surface area (Å²) in [5.74, 6) is 0. The Morgan fingerprint density at radius 2 is 2.33 bits per heavy atom. The lowest BCUT2D eigenvalue weighted by atomic mass is 9.78. The van der Waals surface area contributed by atoms with Crippen LogP contribution < -0.4 is 10.1 Å². The molecule has 1 saturated carbocycles. The van der Waals surface area contributed by atoms with E-state index in [-0.39, 0.29) is 0 Å². The Labute approximate surface area is 103 Å². The minimum atomic E-state index is 0.379. The molecule has 0 saturated heterocycles. The molecule has 1 aromatic rings. The predicted octanol–water partition coefficient (Wildman–Crippen LogP) is 3.55. The van der Waals surface area contributed by atoms with Crippen molar-refractivity contribution in [2.75, 3.05) is 7.11 Å². The quantitative estimate of drug-likeness (QED) is 0.915. The number of hydrogen-bond acceptors (Lipinski definition) is 3. The van der Waals surface area contributed by atoms with Gasteiger partial charge in [0.05, 0.1) is 11.6 Å². The van der Waals surface area contributed by atoms with Crippen LogP contribution in [0.15, 0.2) is 10.5 Å². The molecule has 1 aromatic heterocycles. The maximum Gasteiger partial charge on any atom is 0.188 e. The molecule has 1 fully saturated rings. The van der Waals surface area contributed by atoms with Crippen LogP contribution in [0.4, 0.5) is 0 Å². The third kappa shape index (κ3) is 2.55. The van der Waals surface area contributed by atoms with E-state index in [1.165, 1.54) is 24.1 Å². The van der Waals surface area contributed by atoms with Gasteiger partial charge < -0.3 is 10.1 Å². The van der Waals surface area contributed by atoms with E-state index in [4.69, 9.17) is 4.74 Å². The van der Waals surface area contributed by atoms with E-state index in [1.54, 1.807) is 18.4 Å². The van der Waals surface area contributed by atoms with E-state index in [0.29, 0.717) is 5.54 Å². The lowest BCUT2D eigenvalue weighted by Crippen LogP contribution is -2.47. The van der Waals surface area contributed by atoms with Crippen LogP contribution in [-0.4, -0.2) is 12.6 Å². The van der Waals surface area contributed by atoms with Crippen LogP contribution in [0.2, 0.25) is 0 Å². The topological polar surface area (TPSA) is 21.3 Å². The molecule has 0 amide bonds. The SMILES string of the molecule is COc1sc(CNC2(C)CCC2)cc1Br. The number of thiophene rings is 1. The molecule has 1 heterocycles. The van der Waals surface area contributed by atoms with Gasteiger partial charge in [0, 0.05) is 17.0 Å². The van der Waals surface area contributed by atoms with E-state index in [1.807, 2.05) is 0 Å². The van der Waals surface area contributed by atoms with Gasteiger partial charge in [-0.1, -0.05) is 0 Å². The van der Waals surface area contributed by atoms with E-state index < -0.39 is 0 Å². The molecule has 15 heavy (non-hydrogen) atoms. The molecule has 0 unspecified atom stereocenters. The molecule has 0 bridgehead atoms. The fourth-order valence-electron chi connectivity index (χ4n) is 1.81. The third-order valence-electron chi connectivity index (χ3n) is 3.04. The van der Waals surface area contributed by atoms with Crippen molar-refractivity contribution >= 4 is 27.3 Å². The Balaban J connectivity index is 1.93. The van der Waals surface area contributed by atoms with Gasteiger partial charge in [-0.3, -0.25) is 0 Å². The molecule has 0 aliphatic heterocycles. The molecular weight excluding hydrogens is 274 g/mol. The first-order valence-electron chi connectivity index (χ1n) is 5.20. The highest BCUT2D eigenvalue weighted by Gasteiger charge is 2.30. The van der Waals surface area contributed by atoms with Gasteiger partial charge in [0.1, 0.15) is 0 Å². The Hall–Kier alpha value is -0.0600. The molecule has 2 nitrogen and oxygen atoms in total. The molecule has 4 heteroatoms. The molecule has 0 radical (unpaired) electrons. The van der Waals surface area contributed by atoms with E-state index in [2.05, 4.69) is 34.2 Å². The van der Waals surface area contributed by atoms with Gasteiger partial charge in [-0.25, -0.2) is 0 Å². The summed E-state index contributed by atoms with van der Waals surface area (Å²) < 4.78 is 6.30. The second-order valence-corrected chi connectivity index (χ2v) is 6.27. The molecule has 2 rings (SSSR count). The minimum absolute atomic E-state index is 0.379. The average molecular weight is 290 g/mol. The number of methoxy groups -OCH3 is 1. The molecular formula is C11H16BrNOS. The molecule has 84 valence electrons. The summed E-state index contributed by atoms with van der Waals surface area (Å²) in [6, 6.07) is 2.14. The zero-order valence-electron chi connectivity index (χ0n) is 9.10. The van der Waals surface area contributed by atoms with Crippen LogP contribution in [0, 0.1) is 0 Å². The van der Waals surface area contributed by atoms with Crippen molar-refractivity contribution < 1.29 is 4.74 Å². The number of rotatable bonds is 4. The smallest absolute Gasteiger partial charge is 0.188 e. The first kappa shape index (κ1) is 11.4. The zero-order valence-corrected chi connectivity index (χ0v) is 11.5. The summed E-state index contributed by atoms with van der Waals surface area (Å²) in [4.78, 5) is 1.33. The molecule has 0 aromatic carbocycles. The van der Waals surface area contributed by atoms with Gasteiger partial charge in [-0.05, 0) is 48.2 Å². The molecule has 1 aliphatic rings. The fraction of sp³-hybridized carbons (Fsp3) is 0.636. The standard InChI is InChI=1S/C11H16BrNOS/c1-11(4-3-5-11)13-7-8-6-9(12)10(14-2)15-8/h6,13H,3-5,7H2,1-2H3. The van der Waals surface area contributed by atoms with Crippen LogP contribution in [0.5, 0.6) is 5.06 Å². The van der Waals surface area contributed by atoms with Crippen LogP contribution >= 0.6 is 27.3 Å². The monoisotopic (exact) mass is 289 g/mol. The van der Waals surface area contributed by atoms with Gasteiger partial charge in [0.15, 0.2) is 5.06 Å². The van der Waals surface area contributed by atoms with E-state index >= 15 is 0 Å². The Kier molecular flexibility index (Phi) is 3.38. The Bertz CT molecular complexity index is 346. The first-order valence-corrected chi connectivity index (χ1v) is 6.81. The van der Waals surface area contributed by atoms with Crippen molar-refractivity contribution in [1.29, 1.82) is 0 Å². The molecule has 0 spiro atoms. The van der Waals surface area contributed by atoms with E-state index in [9.17, 15) is 0 Å². The summed E-state index contributed by atoms with van der Waals surface area (Å²) in [7, 11) is 1.71. The van der Waals surface area contributed by atoms with Crippen molar-refractivity contribution in [3.05, 3.63) is 15.4 Å². The van der Waals surface area contributed by atoms with Gasteiger partial charge in [0.25, 0.3) is 0 Å². The van der Waals surface area contributed by atoms with Crippen LogP contribution in [0.25, 0.3) is 0 Å². The summed E-state index contributed by atoms with van der Waals surface area (Å²) in [6.45, 7) is 3.25. The van der Waals surface area contributed by atoms with Crippen LogP contribution in [0.3, 0.4) is 0 Å². The number of ether oxygens (including phenoxy) is 1. The lowest BCUT2D eigenvalue weighted by Gasteiger charge is -2.39. The average Bonchev–Trinajstić information content (AvgIpc) is 2.53. The summed E-state index contributed by atoms with van der Waals surface area (Å²) in [5.41, 5.74) is 0.379. The van der Waals surface area contributed by atoms with Crippen LogP contribution in [-0.2, 0) is 6.54 Å². The fourth-order valence-corrected chi connectivity index (χ4v) is 3.44. The normalized spacial score (nSPS) is 18.6. The highest BCUT2D eigenvalue weighted by molar-refractivity contribution is 9.10. The first-order chi connectivity index (χ1) is 7.13. The van der Waals surface area contributed by atoms with Gasteiger partial charge >= 0.3 is 0 Å². The number of halogens is 1. The highest BCUT2D eigenvalue weighted by atomic mass is 79.9. The Morgan fingerprint density at radius 3 is 2.80 bits per heavy atom. The van der Waals surface area contributed by atoms with Crippen LogP contribution in [0.1, 0.15) is 31.1 Å². The predicted molar refractivity (Wildman–Crippen MR) is 67.7 cm³/mol. The maximum absolute atomic E-state index is 5.24. The Morgan fingerprint density at radius 1 is 1.60 bits per heavy atom. The van der Waals surface area contributed by atoms with Gasteiger partial charge in [-0.2, -0.15) is 0 Å². The molecule has 1 aliphatic carbocycles. The minimum Gasteiger partial charge on any atom is -0.486 e. The van der Waals surface area contributed by atoms with Crippen molar-refractivity contribution in [1.82, 2.24) is 5.32 Å². The van der Waals surface area contributed by atoms with E-state index in [0.717, 1.165) is 16.1 Å². The summed E-state index contributed by atoms with van der Waals surface area (Å²) in [6.07, 6.45) is 3.97. The maximum atomic E-state index is 5.24. The van der Waals surface area contributed by atoms with Crippen molar-refractivity contribution in [2.24, 2.45) is 0 Å². The van der Waals surface area contributed by atoms with Crippen molar-refractivity contribution in [2.45, 2.75) is 38.3 Å².